The molecule has 13 nitrogen and oxygen atoms in total. The maximum atomic E-state index is 14.8. The van der Waals surface area contributed by atoms with Gasteiger partial charge >= 0.3 is 6.09 Å². The Morgan fingerprint density at radius 1 is 1.00 bits per heavy atom. The van der Waals surface area contributed by atoms with Crippen LogP contribution in [0.5, 0.6) is 5.75 Å². The monoisotopic (exact) mass is 811 g/mol. The van der Waals surface area contributed by atoms with Crippen molar-refractivity contribution in [1.82, 2.24) is 25.2 Å². The van der Waals surface area contributed by atoms with Crippen molar-refractivity contribution >= 4 is 44.7 Å². The zero-order valence-corrected chi connectivity index (χ0v) is 33.3. The number of nitrogens with zero attached hydrogens (tertiary/aromatic N) is 2. The summed E-state index contributed by atoms with van der Waals surface area (Å²) in [5.41, 5.74) is -1.36. The van der Waals surface area contributed by atoms with E-state index in [1.807, 2.05) is 12.2 Å². The molecule has 3 aliphatic heterocycles. The van der Waals surface area contributed by atoms with E-state index < -0.39 is 79.4 Å². The van der Waals surface area contributed by atoms with Crippen LogP contribution in [0.15, 0.2) is 24.3 Å². The fraction of sp³-hybridized carbons (Fsp3) is 0.634. The molecule has 57 heavy (non-hydrogen) atoms. The van der Waals surface area contributed by atoms with E-state index in [4.69, 9.17) is 9.47 Å². The van der Waals surface area contributed by atoms with Crippen LogP contribution in [-0.2, 0) is 35.6 Å². The Bertz CT molecular complexity index is 2140. The Balaban J connectivity index is 1.14. The highest BCUT2D eigenvalue weighted by molar-refractivity contribution is 7.91. The highest BCUT2D eigenvalue weighted by atomic mass is 32.2. The number of pyridine rings is 1. The number of aromatic nitrogens is 1. The number of carbonyl (C=O) groups is 4. The van der Waals surface area contributed by atoms with Crippen molar-refractivity contribution in [1.29, 1.82) is 0 Å². The molecule has 3 saturated carbocycles. The van der Waals surface area contributed by atoms with E-state index in [1.165, 1.54) is 4.90 Å². The minimum absolute atomic E-state index is 0.00703. The molecule has 0 radical (unpaired) electrons. The summed E-state index contributed by atoms with van der Waals surface area (Å²) in [4.78, 5) is 62.9. The summed E-state index contributed by atoms with van der Waals surface area (Å²) in [7, 11) is -4.04. The van der Waals surface area contributed by atoms with Gasteiger partial charge in [-0.15, -0.1) is 0 Å². The standard InChI is InChI=1S/C41H51F2N5O8S/c1-24-34-27(28-20-29(42)30(43)21-32(28)44-24)15-16-40(56-34)22-33-35(49)46-41(37(51)47-57(53,54)39(2)18-19-39)17-14-25(41)10-6-4-3-5-7-13-31(36(50)48(33)23-40)45-38(52)55-26-11-8-9-12-26/h6,10,20-21,25-26,31,33H,3-5,7-9,11-19,22-23H2,1-2H3,(H,45,52)(H,46,49)(H,47,51)/b10-6-/t25-,31+,33+,40-,41-/m1/s1. The van der Waals surface area contributed by atoms with Crippen LogP contribution >= 0.6 is 0 Å². The van der Waals surface area contributed by atoms with Crippen molar-refractivity contribution in [3.63, 3.8) is 0 Å². The lowest BCUT2D eigenvalue weighted by Crippen LogP contribution is -2.70. The number of rotatable bonds is 5. The fourth-order valence-electron chi connectivity index (χ4n) is 9.39. The SMILES string of the molecule is Cc1nc2cc(F)c(F)cc2c2c1O[C@]1(CC2)C[C@H]2C(=O)N[C@]3(C(=O)NS(=O)(=O)C4(C)CC4)CC[C@H]3/C=C\CCCCC[C@H](NC(=O)OC3CCCC3)C(=O)N2C1. The maximum Gasteiger partial charge on any atom is 0.408 e. The lowest BCUT2D eigenvalue weighted by Gasteiger charge is -2.48. The summed E-state index contributed by atoms with van der Waals surface area (Å²) in [5.74, 6) is -4.12. The van der Waals surface area contributed by atoms with E-state index >= 15 is 0 Å². The zero-order chi connectivity index (χ0) is 40.3. The van der Waals surface area contributed by atoms with Crippen LogP contribution in [0.1, 0.15) is 114 Å². The first-order chi connectivity index (χ1) is 27.1. The van der Waals surface area contributed by atoms with Crippen LogP contribution in [0.25, 0.3) is 10.9 Å². The maximum absolute atomic E-state index is 14.8. The average Bonchev–Trinajstić information content (AvgIpc) is 3.54. The third-order valence-corrected chi connectivity index (χ3v) is 15.5. The summed E-state index contributed by atoms with van der Waals surface area (Å²) >= 11 is 0. The molecule has 1 spiro atoms. The first-order valence-electron chi connectivity index (χ1n) is 20.4. The highest BCUT2D eigenvalue weighted by Crippen LogP contribution is 2.47. The van der Waals surface area contributed by atoms with Crippen LogP contribution < -0.4 is 20.1 Å². The predicted octanol–water partition coefficient (Wildman–Crippen LogP) is 5.31. The molecular weight excluding hydrogens is 761 g/mol. The molecule has 1 aromatic heterocycles. The van der Waals surface area contributed by atoms with Crippen molar-refractivity contribution in [2.24, 2.45) is 5.92 Å². The minimum atomic E-state index is -4.04. The van der Waals surface area contributed by atoms with Crippen LogP contribution in [0.2, 0.25) is 0 Å². The molecule has 16 heteroatoms. The topological polar surface area (TPSA) is 173 Å². The van der Waals surface area contributed by atoms with Crippen molar-refractivity contribution in [2.45, 2.75) is 151 Å². The summed E-state index contributed by atoms with van der Waals surface area (Å²) in [6, 6.07) is -0.0458. The largest absolute Gasteiger partial charge is 0.483 e. The van der Waals surface area contributed by atoms with E-state index in [0.717, 1.165) is 50.7 Å². The Hall–Kier alpha value is -4.34. The molecule has 4 heterocycles. The number of fused-ring (bicyclic) bond motifs is 5. The van der Waals surface area contributed by atoms with Crippen molar-refractivity contribution in [3.8, 4) is 5.75 Å². The lowest BCUT2D eigenvalue weighted by molar-refractivity contribution is -0.144. The molecule has 3 N–H and O–H groups in total. The summed E-state index contributed by atoms with van der Waals surface area (Å²) < 4.78 is 69.0. The van der Waals surface area contributed by atoms with Crippen LogP contribution in [-0.4, -0.2) is 82.7 Å². The summed E-state index contributed by atoms with van der Waals surface area (Å²) in [6.45, 7) is 3.23. The molecule has 4 amide bonds. The molecule has 6 aliphatic rings. The number of hydrogen-bond donors (Lipinski definition) is 3. The van der Waals surface area contributed by atoms with Gasteiger partial charge in [-0.25, -0.2) is 27.0 Å². The first-order valence-corrected chi connectivity index (χ1v) is 21.9. The van der Waals surface area contributed by atoms with E-state index in [1.54, 1.807) is 13.8 Å². The number of hydrogen-bond acceptors (Lipinski definition) is 9. The van der Waals surface area contributed by atoms with E-state index in [2.05, 4.69) is 20.3 Å². The molecule has 0 bridgehead atoms. The first kappa shape index (κ1) is 39.5. The molecule has 4 fully saturated rings. The molecule has 1 aromatic carbocycles. The third kappa shape index (κ3) is 7.35. The Labute approximate surface area is 331 Å². The number of ether oxygens (including phenoxy) is 2. The van der Waals surface area contributed by atoms with Gasteiger partial charge in [-0.2, -0.15) is 0 Å². The van der Waals surface area contributed by atoms with Gasteiger partial charge in [-0.05, 0) is 103 Å². The van der Waals surface area contributed by atoms with Gasteiger partial charge in [0.15, 0.2) is 11.6 Å². The molecule has 1 saturated heterocycles. The molecular formula is C41H51F2N5O8S. The number of halogens is 2. The van der Waals surface area contributed by atoms with Gasteiger partial charge in [0.2, 0.25) is 21.8 Å². The Morgan fingerprint density at radius 3 is 2.46 bits per heavy atom. The average molecular weight is 812 g/mol. The fourth-order valence-corrected chi connectivity index (χ4v) is 10.7. The summed E-state index contributed by atoms with van der Waals surface area (Å²) in [6.07, 6.45) is 11.6. The third-order valence-electron chi connectivity index (χ3n) is 13.4. The molecule has 0 unspecified atom stereocenters. The van der Waals surface area contributed by atoms with Crippen molar-refractivity contribution in [3.05, 3.63) is 47.2 Å². The second kappa shape index (κ2) is 14.8. The molecule has 5 atom stereocenters. The smallest absolute Gasteiger partial charge is 0.408 e. The van der Waals surface area contributed by atoms with E-state index in [-0.39, 0.29) is 31.0 Å². The van der Waals surface area contributed by atoms with Gasteiger partial charge in [-0.3, -0.25) is 19.1 Å². The van der Waals surface area contributed by atoms with Gasteiger partial charge in [0, 0.05) is 29.4 Å². The van der Waals surface area contributed by atoms with Crippen molar-refractivity contribution < 1.29 is 45.9 Å². The molecule has 3 aliphatic carbocycles. The summed E-state index contributed by atoms with van der Waals surface area (Å²) in [5, 5.41) is 6.18. The van der Waals surface area contributed by atoms with Crippen LogP contribution in [0.3, 0.4) is 0 Å². The highest BCUT2D eigenvalue weighted by Gasteiger charge is 2.59. The number of sulfonamides is 1. The number of aryl methyl sites for hydroxylation is 2. The zero-order valence-electron chi connectivity index (χ0n) is 32.5. The normalized spacial score (nSPS) is 30.7. The van der Waals surface area contributed by atoms with E-state index in [0.29, 0.717) is 73.8 Å². The van der Waals surface area contributed by atoms with E-state index in [9.17, 15) is 36.4 Å². The Morgan fingerprint density at radius 2 is 1.74 bits per heavy atom. The van der Waals surface area contributed by atoms with Crippen LogP contribution in [0, 0.1) is 24.5 Å². The quantitative estimate of drug-likeness (QED) is 0.339. The number of allylic oxidation sites excluding steroid dienone is 1. The second-order valence-corrected chi connectivity index (χ2v) is 19.5. The van der Waals surface area contributed by atoms with Crippen LogP contribution in [0.4, 0.5) is 13.6 Å². The Kier molecular flexibility index (Phi) is 10.2. The van der Waals surface area contributed by atoms with Gasteiger partial charge < -0.3 is 25.0 Å². The molecule has 308 valence electrons. The minimum Gasteiger partial charge on any atom is -0.483 e. The van der Waals surface area contributed by atoms with Gasteiger partial charge in [-0.1, -0.05) is 25.0 Å². The number of alkyl carbamates (subject to hydrolysis) is 1. The second-order valence-electron chi connectivity index (χ2n) is 17.3. The number of nitrogens with one attached hydrogen (secondary N) is 3. The van der Waals surface area contributed by atoms with Gasteiger partial charge in [0.1, 0.15) is 35.1 Å². The predicted molar refractivity (Wildman–Crippen MR) is 204 cm³/mol. The molecule has 2 aromatic rings. The number of amides is 4. The van der Waals surface area contributed by atoms with Crippen molar-refractivity contribution in [2.75, 3.05) is 6.54 Å². The number of carbonyl (C=O) groups excluding carboxylic acids is 4. The van der Waals surface area contributed by atoms with Gasteiger partial charge in [0.25, 0.3) is 5.91 Å². The number of benzene rings is 1. The molecule has 8 rings (SSSR count). The van der Waals surface area contributed by atoms with Gasteiger partial charge in [0.05, 0.1) is 22.5 Å². The lowest BCUT2D eigenvalue weighted by atomic mass is 9.65.